The fourth-order valence-corrected chi connectivity index (χ4v) is 4.12. The van der Waals surface area contributed by atoms with E-state index >= 15 is 0 Å². The predicted molar refractivity (Wildman–Crippen MR) is 103 cm³/mol. The second kappa shape index (κ2) is 9.13. The van der Waals surface area contributed by atoms with Gasteiger partial charge in [-0.2, -0.15) is 18.3 Å². The molecular weight excluding hydrogens is 417 g/mol. The van der Waals surface area contributed by atoms with Crippen LogP contribution in [0.1, 0.15) is 41.6 Å². The van der Waals surface area contributed by atoms with Gasteiger partial charge in [-0.25, -0.2) is 4.79 Å². The number of carboxylic acids is 1. The molecule has 2 saturated heterocycles. The minimum absolute atomic E-state index is 0.115. The first-order valence-electron chi connectivity index (χ1n) is 10.0. The number of rotatable bonds is 4. The quantitative estimate of drug-likeness (QED) is 0.783. The number of likely N-dealkylation sites (tertiary alicyclic amines) is 2. The van der Waals surface area contributed by atoms with Crippen molar-refractivity contribution in [2.75, 3.05) is 13.1 Å². The Balaban J connectivity index is 0.000000339. The molecule has 11 heteroatoms. The summed E-state index contributed by atoms with van der Waals surface area (Å²) in [5, 5.41) is 11.2. The Labute approximate surface area is 177 Å². The van der Waals surface area contributed by atoms with Gasteiger partial charge >= 0.3 is 12.1 Å². The van der Waals surface area contributed by atoms with Gasteiger partial charge in [-0.15, -0.1) is 0 Å². The third kappa shape index (κ3) is 5.27. The standard InChI is InChI=1S/C18H24N4O2.C2HF3O2/c1-3-14-4-5-15(24-14)12-21-8-6-17-16(21)7-9-22(17)18(23)13-10-19-20(2)11-13;3-2(4,5)1(6)7/h4-5,10-11,16-17H,3,6-9,12H2,1-2H3;(H,6,7)/t16-,17+;/m1./s1. The van der Waals surface area contributed by atoms with Gasteiger partial charge in [-0.3, -0.25) is 14.4 Å². The molecule has 1 N–H and O–H groups in total. The number of amides is 1. The molecule has 0 spiro atoms. The number of carbonyl (C=O) groups is 2. The van der Waals surface area contributed by atoms with Crippen LogP contribution < -0.4 is 0 Å². The molecule has 0 aromatic carbocycles. The summed E-state index contributed by atoms with van der Waals surface area (Å²) in [7, 11) is 1.84. The smallest absolute Gasteiger partial charge is 0.475 e. The number of hydrogen-bond donors (Lipinski definition) is 1. The van der Waals surface area contributed by atoms with E-state index in [2.05, 4.69) is 29.1 Å². The number of halogens is 3. The summed E-state index contributed by atoms with van der Waals surface area (Å²) in [4.78, 5) is 26.2. The molecule has 0 radical (unpaired) electrons. The average molecular weight is 442 g/mol. The van der Waals surface area contributed by atoms with Crippen LogP contribution in [0.25, 0.3) is 0 Å². The van der Waals surface area contributed by atoms with Gasteiger partial charge in [-0.05, 0) is 25.0 Å². The fourth-order valence-electron chi connectivity index (χ4n) is 4.12. The van der Waals surface area contributed by atoms with Crippen LogP contribution in [0, 0.1) is 0 Å². The number of carbonyl (C=O) groups excluding carboxylic acids is 1. The average Bonchev–Trinajstić information content (AvgIpc) is 3.47. The van der Waals surface area contributed by atoms with E-state index in [-0.39, 0.29) is 5.91 Å². The van der Waals surface area contributed by atoms with E-state index in [1.54, 1.807) is 17.1 Å². The van der Waals surface area contributed by atoms with Crippen molar-refractivity contribution < 1.29 is 32.3 Å². The lowest BCUT2D eigenvalue weighted by atomic mass is 10.1. The normalized spacial score (nSPS) is 21.0. The molecule has 2 aromatic rings. The van der Waals surface area contributed by atoms with Crippen LogP contribution >= 0.6 is 0 Å². The van der Waals surface area contributed by atoms with Gasteiger partial charge in [0.25, 0.3) is 5.91 Å². The van der Waals surface area contributed by atoms with Crippen LogP contribution in [0.15, 0.2) is 28.9 Å². The first-order chi connectivity index (χ1) is 14.6. The minimum Gasteiger partial charge on any atom is -0.475 e. The highest BCUT2D eigenvalue weighted by molar-refractivity contribution is 5.94. The molecule has 0 unspecified atom stereocenters. The Bertz CT molecular complexity index is 924. The van der Waals surface area contributed by atoms with Crippen LogP contribution in [0.2, 0.25) is 0 Å². The van der Waals surface area contributed by atoms with E-state index in [0.717, 1.165) is 50.4 Å². The summed E-state index contributed by atoms with van der Waals surface area (Å²) >= 11 is 0. The van der Waals surface area contributed by atoms with Crippen LogP contribution in [-0.4, -0.2) is 67.9 Å². The van der Waals surface area contributed by atoms with Crippen molar-refractivity contribution in [2.24, 2.45) is 7.05 Å². The zero-order valence-corrected chi connectivity index (χ0v) is 17.3. The molecule has 4 heterocycles. The second-order valence-electron chi connectivity index (χ2n) is 7.61. The van der Waals surface area contributed by atoms with Gasteiger partial charge in [-0.1, -0.05) is 6.92 Å². The summed E-state index contributed by atoms with van der Waals surface area (Å²) < 4.78 is 39.3. The summed E-state index contributed by atoms with van der Waals surface area (Å²) in [5.41, 5.74) is 0.690. The number of fused-ring (bicyclic) bond motifs is 1. The van der Waals surface area contributed by atoms with Crippen LogP contribution in [-0.2, 0) is 24.8 Å². The highest BCUT2D eigenvalue weighted by Gasteiger charge is 2.44. The van der Waals surface area contributed by atoms with Gasteiger partial charge in [0, 0.05) is 44.8 Å². The molecule has 2 fully saturated rings. The van der Waals surface area contributed by atoms with Gasteiger partial charge in [0.2, 0.25) is 0 Å². The van der Waals surface area contributed by atoms with E-state index < -0.39 is 12.1 Å². The SMILES string of the molecule is CCc1ccc(CN2CC[C@H]3[C@H]2CCN3C(=O)c2cnn(C)c2)o1.O=C(O)C(F)(F)F. The van der Waals surface area contributed by atoms with Gasteiger partial charge in [0.05, 0.1) is 18.3 Å². The summed E-state index contributed by atoms with van der Waals surface area (Å²) in [6.45, 7) is 4.80. The van der Waals surface area contributed by atoms with E-state index in [1.165, 1.54) is 0 Å². The maximum absolute atomic E-state index is 12.7. The van der Waals surface area contributed by atoms with Crippen LogP contribution in [0.5, 0.6) is 0 Å². The lowest BCUT2D eigenvalue weighted by molar-refractivity contribution is -0.192. The van der Waals surface area contributed by atoms with Gasteiger partial charge in [0.1, 0.15) is 11.5 Å². The molecule has 2 aromatic heterocycles. The Morgan fingerprint density at radius 2 is 1.84 bits per heavy atom. The van der Waals surface area contributed by atoms with Crippen molar-refractivity contribution in [1.29, 1.82) is 0 Å². The second-order valence-corrected chi connectivity index (χ2v) is 7.61. The fraction of sp³-hybridized carbons (Fsp3) is 0.550. The summed E-state index contributed by atoms with van der Waals surface area (Å²) in [5.74, 6) is -0.568. The maximum Gasteiger partial charge on any atom is 0.490 e. The first kappa shape index (κ1) is 22.9. The lowest BCUT2D eigenvalue weighted by Gasteiger charge is -2.25. The third-order valence-corrected chi connectivity index (χ3v) is 5.57. The number of aliphatic carboxylic acids is 1. The molecule has 8 nitrogen and oxygen atoms in total. The predicted octanol–water partition coefficient (Wildman–Crippen LogP) is 2.70. The van der Waals surface area contributed by atoms with Crippen molar-refractivity contribution in [2.45, 2.75) is 51.0 Å². The number of nitrogens with zero attached hydrogens (tertiary/aromatic N) is 4. The Hall–Kier alpha value is -2.82. The molecule has 2 atom stereocenters. The number of alkyl halides is 3. The largest absolute Gasteiger partial charge is 0.490 e. The first-order valence-corrected chi connectivity index (χ1v) is 10.0. The lowest BCUT2D eigenvalue weighted by Crippen LogP contribution is -2.39. The molecule has 2 aliphatic rings. The molecule has 0 aliphatic carbocycles. The monoisotopic (exact) mass is 442 g/mol. The van der Waals surface area contributed by atoms with Gasteiger partial charge in [0.15, 0.2) is 0 Å². The number of hydrogen-bond acceptors (Lipinski definition) is 5. The highest BCUT2D eigenvalue weighted by atomic mass is 19.4. The number of furan rings is 1. The Morgan fingerprint density at radius 3 is 2.39 bits per heavy atom. The summed E-state index contributed by atoms with van der Waals surface area (Å²) in [6, 6.07) is 4.91. The maximum atomic E-state index is 12.7. The number of aromatic nitrogens is 2. The summed E-state index contributed by atoms with van der Waals surface area (Å²) in [6.07, 6.45) is 1.39. The van der Waals surface area contributed by atoms with Crippen molar-refractivity contribution in [3.05, 3.63) is 41.6 Å². The van der Waals surface area contributed by atoms with E-state index in [0.29, 0.717) is 17.6 Å². The molecular formula is C20H25F3N4O4. The topological polar surface area (TPSA) is 91.8 Å². The number of carboxylic acid groups (broad SMARTS) is 1. The molecule has 31 heavy (non-hydrogen) atoms. The van der Waals surface area contributed by atoms with Crippen molar-refractivity contribution in [1.82, 2.24) is 19.6 Å². The van der Waals surface area contributed by atoms with E-state index in [9.17, 15) is 18.0 Å². The van der Waals surface area contributed by atoms with Gasteiger partial charge < -0.3 is 14.4 Å². The van der Waals surface area contributed by atoms with Crippen molar-refractivity contribution in [3.63, 3.8) is 0 Å². The molecule has 170 valence electrons. The molecule has 0 saturated carbocycles. The van der Waals surface area contributed by atoms with E-state index in [1.807, 2.05) is 11.9 Å². The molecule has 0 bridgehead atoms. The number of aryl methyl sites for hydroxylation is 2. The molecule has 4 rings (SSSR count). The third-order valence-electron chi connectivity index (χ3n) is 5.57. The van der Waals surface area contributed by atoms with E-state index in [4.69, 9.17) is 14.3 Å². The van der Waals surface area contributed by atoms with Crippen molar-refractivity contribution in [3.8, 4) is 0 Å². The Kier molecular flexibility index (Phi) is 6.73. The Morgan fingerprint density at radius 1 is 1.19 bits per heavy atom. The minimum atomic E-state index is -5.08. The zero-order valence-electron chi connectivity index (χ0n) is 17.3. The van der Waals surface area contributed by atoms with Crippen molar-refractivity contribution >= 4 is 11.9 Å². The molecule has 1 amide bonds. The van der Waals surface area contributed by atoms with Crippen LogP contribution in [0.4, 0.5) is 13.2 Å². The highest BCUT2D eigenvalue weighted by Crippen LogP contribution is 2.33. The zero-order chi connectivity index (χ0) is 22.8. The van der Waals surface area contributed by atoms with Crippen LogP contribution in [0.3, 0.4) is 0 Å². The molecule has 2 aliphatic heterocycles.